The summed E-state index contributed by atoms with van der Waals surface area (Å²) >= 11 is 5.69. The van der Waals surface area contributed by atoms with Crippen LogP contribution in [-0.2, 0) is 14.8 Å². The maximum atomic E-state index is 11.6. The molecule has 0 fully saturated rings. The molecule has 0 spiro atoms. The fraction of sp³-hybridized carbons (Fsp3) is 0.300. The summed E-state index contributed by atoms with van der Waals surface area (Å²) in [4.78, 5) is 11.6. The van der Waals surface area contributed by atoms with Crippen molar-refractivity contribution >= 4 is 27.5 Å². The van der Waals surface area contributed by atoms with Gasteiger partial charge in [0.05, 0.1) is 12.4 Å². The van der Waals surface area contributed by atoms with E-state index in [0.29, 0.717) is 5.02 Å². The number of methoxy groups -OCH3 is 1. The van der Waals surface area contributed by atoms with Gasteiger partial charge in [-0.3, -0.25) is 4.79 Å². The number of benzene rings is 1. The molecular formula is C10H12ClNO4S. The van der Waals surface area contributed by atoms with E-state index in [0.717, 1.165) is 0 Å². The molecule has 0 heterocycles. The molecule has 1 amide bonds. The van der Waals surface area contributed by atoms with Crippen LogP contribution in [0.15, 0.2) is 24.3 Å². The summed E-state index contributed by atoms with van der Waals surface area (Å²) in [7, 11) is -2.29. The Kier molecular flexibility index (Phi) is 4.92. The van der Waals surface area contributed by atoms with E-state index in [9.17, 15) is 13.2 Å². The van der Waals surface area contributed by atoms with E-state index in [4.69, 9.17) is 11.6 Å². The van der Waals surface area contributed by atoms with Crippen molar-refractivity contribution in [2.24, 2.45) is 0 Å². The highest BCUT2D eigenvalue weighted by Gasteiger charge is 2.15. The first-order valence-electron chi connectivity index (χ1n) is 4.74. The predicted molar refractivity (Wildman–Crippen MR) is 64.6 cm³/mol. The van der Waals surface area contributed by atoms with Crippen molar-refractivity contribution in [2.45, 2.75) is 0 Å². The van der Waals surface area contributed by atoms with Gasteiger partial charge in [0.15, 0.2) is 0 Å². The van der Waals surface area contributed by atoms with Gasteiger partial charge in [-0.15, -0.1) is 0 Å². The summed E-state index contributed by atoms with van der Waals surface area (Å²) in [6, 6.07) is 6.03. The van der Waals surface area contributed by atoms with Crippen LogP contribution < -0.4 is 4.72 Å². The quantitative estimate of drug-likeness (QED) is 0.873. The zero-order chi connectivity index (χ0) is 12.9. The molecule has 0 saturated heterocycles. The number of amides is 1. The Bertz CT molecular complexity index is 501. The third-order valence-corrected chi connectivity index (χ3v) is 3.33. The molecule has 94 valence electrons. The van der Waals surface area contributed by atoms with Gasteiger partial charge in [-0.1, -0.05) is 17.7 Å². The summed E-state index contributed by atoms with van der Waals surface area (Å²) < 4.78 is 29.4. The monoisotopic (exact) mass is 277 g/mol. The van der Waals surface area contributed by atoms with Gasteiger partial charge in [-0.25, -0.2) is 13.1 Å². The number of sulfonamides is 1. The summed E-state index contributed by atoms with van der Waals surface area (Å²) in [6.45, 7) is 0.0260. The van der Waals surface area contributed by atoms with Crippen LogP contribution in [0.5, 0.6) is 0 Å². The topological polar surface area (TPSA) is 72.5 Å². The van der Waals surface area contributed by atoms with Crippen molar-refractivity contribution < 1.29 is 17.9 Å². The zero-order valence-electron chi connectivity index (χ0n) is 9.14. The minimum Gasteiger partial charge on any atom is -0.384 e. The number of hydrogen-bond donors (Lipinski definition) is 1. The lowest BCUT2D eigenvalue weighted by molar-refractivity contribution is 0.0981. The lowest BCUT2D eigenvalue weighted by Gasteiger charge is -2.06. The van der Waals surface area contributed by atoms with Crippen LogP contribution in [0.1, 0.15) is 10.4 Å². The second-order valence-corrected chi connectivity index (χ2v) is 5.53. The molecule has 1 N–H and O–H groups in total. The molecule has 0 aliphatic carbocycles. The maximum absolute atomic E-state index is 11.6. The van der Waals surface area contributed by atoms with Gasteiger partial charge in [-0.05, 0) is 18.2 Å². The molecule has 0 bridgehead atoms. The minimum atomic E-state index is -3.67. The average Bonchev–Trinajstić information content (AvgIpc) is 2.26. The molecule has 1 aromatic carbocycles. The Hall–Kier alpha value is -1.11. The van der Waals surface area contributed by atoms with Crippen molar-refractivity contribution in [3.05, 3.63) is 34.9 Å². The van der Waals surface area contributed by atoms with Crippen molar-refractivity contribution in [3.8, 4) is 0 Å². The Morgan fingerprint density at radius 2 is 2.18 bits per heavy atom. The largest absolute Gasteiger partial charge is 0.384 e. The molecule has 0 aliphatic heterocycles. The number of hydrogen-bond acceptors (Lipinski definition) is 4. The van der Waals surface area contributed by atoms with E-state index in [-0.39, 0.29) is 17.9 Å². The molecule has 0 atom stereocenters. The highest BCUT2D eigenvalue weighted by atomic mass is 35.5. The van der Waals surface area contributed by atoms with Gasteiger partial charge < -0.3 is 4.74 Å². The first-order chi connectivity index (χ1) is 7.94. The van der Waals surface area contributed by atoms with E-state index in [2.05, 4.69) is 4.74 Å². The van der Waals surface area contributed by atoms with E-state index < -0.39 is 15.9 Å². The van der Waals surface area contributed by atoms with Gasteiger partial charge in [0.25, 0.3) is 5.91 Å². The lowest BCUT2D eigenvalue weighted by Crippen LogP contribution is -2.33. The molecule has 17 heavy (non-hydrogen) atoms. The van der Waals surface area contributed by atoms with Crippen LogP contribution in [0.25, 0.3) is 0 Å². The van der Waals surface area contributed by atoms with E-state index in [1.54, 1.807) is 12.1 Å². The van der Waals surface area contributed by atoms with E-state index in [1.807, 2.05) is 4.72 Å². The van der Waals surface area contributed by atoms with Crippen molar-refractivity contribution in [1.29, 1.82) is 0 Å². The molecule has 0 aromatic heterocycles. The third-order valence-electron chi connectivity index (χ3n) is 1.89. The molecule has 0 radical (unpaired) electrons. The Morgan fingerprint density at radius 1 is 1.47 bits per heavy atom. The summed E-state index contributed by atoms with van der Waals surface area (Å²) in [6.07, 6.45) is 0. The predicted octanol–water partition coefficient (Wildman–Crippen LogP) is 1.05. The van der Waals surface area contributed by atoms with Crippen molar-refractivity contribution in [2.75, 3.05) is 19.5 Å². The van der Waals surface area contributed by atoms with Crippen LogP contribution in [0.3, 0.4) is 0 Å². The number of halogens is 1. The maximum Gasteiger partial charge on any atom is 0.264 e. The Balaban J connectivity index is 2.73. The van der Waals surface area contributed by atoms with Crippen LogP contribution in [0.2, 0.25) is 5.02 Å². The van der Waals surface area contributed by atoms with Gasteiger partial charge in [0, 0.05) is 17.7 Å². The molecule has 0 unspecified atom stereocenters. The molecule has 1 aromatic rings. The Labute approximate surface area is 105 Å². The van der Waals surface area contributed by atoms with Gasteiger partial charge in [0.1, 0.15) is 0 Å². The van der Waals surface area contributed by atoms with Gasteiger partial charge in [0.2, 0.25) is 10.0 Å². The molecule has 0 saturated carbocycles. The van der Waals surface area contributed by atoms with Crippen molar-refractivity contribution in [1.82, 2.24) is 4.72 Å². The highest BCUT2D eigenvalue weighted by Crippen LogP contribution is 2.10. The van der Waals surface area contributed by atoms with E-state index in [1.165, 1.54) is 19.2 Å². The van der Waals surface area contributed by atoms with Gasteiger partial charge in [-0.2, -0.15) is 0 Å². The van der Waals surface area contributed by atoms with Crippen molar-refractivity contribution in [3.63, 3.8) is 0 Å². The van der Waals surface area contributed by atoms with Crippen LogP contribution in [0.4, 0.5) is 0 Å². The fourth-order valence-corrected chi connectivity index (χ4v) is 2.15. The van der Waals surface area contributed by atoms with Crippen LogP contribution in [0, 0.1) is 0 Å². The first-order valence-corrected chi connectivity index (χ1v) is 6.77. The van der Waals surface area contributed by atoms with E-state index >= 15 is 0 Å². The third kappa shape index (κ3) is 4.72. The first kappa shape index (κ1) is 14.0. The average molecular weight is 278 g/mol. The zero-order valence-corrected chi connectivity index (χ0v) is 10.7. The molecule has 0 aliphatic rings. The second kappa shape index (κ2) is 6.00. The SMILES string of the molecule is COCCS(=O)(=O)NC(=O)c1cccc(Cl)c1. The fourth-order valence-electron chi connectivity index (χ4n) is 1.07. The molecular weight excluding hydrogens is 266 g/mol. The number of ether oxygens (including phenoxy) is 1. The highest BCUT2D eigenvalue weighted by molar-refractivity contribution is 7.90. The second-order valence-electron chi connectivity index (χ2n) is 3.25. The van der Waals surface area contributed by atoms with Crippen LogP contribution in [-0.4, -0.2) is 33.8 Å². The molecule has 7 heteroatoms. The van der Waals surface area contributed by atoms with Gasteiger partial charge >= 0.3 is 0 Å². The summed E-state index contributed by atoms with van der Waals surface area (Å²) in [5.74, 6) is -0.973. The van der Waals surface area contributed by atoms with Crippen LogP contribution >= 0.6 is 11.6 Å². The molecule has 1 rings (SSSR count). The number of nitrogens with one attached hydrogen (secondary N) is 1. The lowest BCUT2D eigenvalue weighted by atomic mass is 10.2. The minimum absolute atomic E-state index is 0.0260. The molecule has 5 nitrogen and oxygen atoms in total. The number of rotatable bonds is 5. The number of carbonyl (C=O) groups excluding carboxylic acids is 1. The standard InChI is InChI=1S/C10H12ClNO4S/c1-16-5-6-17(14,15)12-10(13)8-3-2-4-9(11)7-8/h2-4,7H,5-6H2,1H3,(H,12,13). The Morgan fingerprint density at radius 3 is 2.76 bits per heavy atom. The smallest absolute Gasteiger partial charge is 0.264 e. The summed E-state index contributed by atoms with van der Waals surface area (Å²) in [5, 5.41) is 0.368. The normalized spacial score (nSPS) is 11.2. The summed E-state index contributed by atoms with van der Waals surface area (Å²) in [5.41, 5.74) is 0.193. The number of carbonyl (C=O) groups is 1.